The standard InChI is InChI=1S/C73H122O6/c1-4-7-10-13-16-18-20-22-24-26-28-30-32-33-34-35-36-37-38-39-41-42-44-46-48-50-52-54-57-60-63-66-72(75)78-69-70(68-77-71(74)65-62-59-56-15-12-9-6-3)79-73(76)67-64-61-58-55-53-51-49-47-45-43-40-31-29-27-25-23-21-19-17-14-11-8-5-2/h7-8,10-11,16-19,22-25,28-31,33-34,36-37,70H,4-6,9,12-15,20-21,26-27,32,35,38-69H2,1-3H3/b10-7-,11-8-,18-16-,19-17-,24-22-,25-23-,30-28-,31-29-,34-33-,37-36-. The lowest BCUT2D eigenvalue weighted by molar-refractivity contribution is -0.167. The first kappa shape index (κ1) is 74.8. The maximum Gasteiger partial charge on any atom is 0.306 e. The second-order valence-corrected chi connectivity index (χ2v) is 21.6. The summed E-state index contributed by atoms with van der Waals surface area (Å²) in [5.74, 6) is -0.886. The largest absolute Gasteiger partial charge is 0.462 e. The maximum atomic E-state index is 12.9. The smallest absolute Gasteiger partial charge is 0.306 e. The SMILES string of the molecule is CC/C=C\C/C=C\C/C=C\C/C=C\C/C=C\C/C=C\CCCCCCCCCCCCCCC(=O)OCC(COC(=O)CCCCCCCCC)OC(=O)CCCCCCCCCCCC/C=C\C/C=C\C/C=C\C/C=C\CC. The lowest BCUT2D eigenvalue weighted by Gasteiger charge is -2.18. The van der Waals surface area contributed by atoms with E-state index in [2.05, 4.69) is 142 Å². The van der Waals surface area contributed by atoms with Crippen LogP contribution >= 0.6 is 0 Å². The van der Waals surface area contributed by atoms with Crippen molar-refractivity contribution in [3.8, 4) is 0 Å². The molecule has 0 saturated heterocycles. The molecular formula is C73H122O6. The summed E-state index contributed by atoms with van der Waals surface area (Å²) in [6, 6.07) is 0. The van der Waals surface area contributed by atoms with Crippen LogP contribution in [0.25, 0.3) is 0 Å². The second kappa shape index (κ2) is 66.3. The average Bonchev–Trinajstić information content (AvgIpc) is 3.45. The normalized spacial score (nSPS) is 12.9. The van der Waals surface area contributed by atoms with E-state index in [-0.39, 0.29) is 31.1 Å². The van der Waals surface area contributed by atoms with Gasteiger partial charge in [-0.2, -0.15) is 0 Å². The third-order valence-electron chi connectivity index (χ3n) is 14.0. The molecule has 79 heavy (non-hydrogen) atoms. The second-order valence-electron chi connectivity index (χ2n) is 21.6. The van der Waals surface area contributed by atoms with Crippen LogP contribution in [0.15, 0.2) is 122 Å². The number of esters is 3. The molecule has 0 amide bonds. The molecule has 0 aliphatic carbocycles. The number of hydrogen-bond acceptors (Lipinski definition) is 6. The predicted octanol–water partition coefficient (Wildman–Crippen LogP) is 22.8. The minimum atomic E-state index is -0.781. The lowest BCUT2D eigenvalue weighted by Crippen LogP contribution is -2.30. The van der Waals surface area contributed by atoms with E-state index in [0.29, 0.717) is 19.3 Å². The fourth-order valence-electron chi connectivity index (χ4n) is 9.09. The lowest BCUT2D eigenvalue weighted by atomic mass is 10.0. The van der Waals surface area contributed by atoms with Gasteiger partial charge in [0.05, 0.1) is 0 Å². The molecule has 0 aliphatic heterocycles. The molecule has 0 rings (SSSR count). The first-order chi connectivity index (χ1) is 39.0. The number of rotatable bonds is 59. The van der Waals surface area contributed by atoms with Gasteiger partial charge in [-0.15, -0.1) is 0 Å². The van der Waals surface area contributed by atoms with Gasteiger partial charge in [0, 0.05) is 19.3 Å². The van der Waals surface area contributed by atoms with Crippen LogP contribution < -0.4 is 0 Å². The molecule has 0 N–H and O–H groups in total. The first-order valence-corrected chi connectivity index (χ1v) is 33.0. The van der Waals surface area contributed by atoms with E-state index >= 15 is 0 Å². The molecule has 0 aromatic rings. The van der Waals surface area contributed by atoms with Crippen LogP contribution in [0.2, 0.25) is 0 Å². The minimum Gasteiger partial charge on any atom is -0.462 e. The van der Waals surface area contributed by atoms with Gasteiger partial charge in [-0.25, -0.2) is 0 Å². The zero-order chi connectivity index (χ0) is 57.1. The Morgan fingerprint density at radius 1 is 0.266 bits per heavy atom. The van der Waals surface area contributed by atoms with Crippen molar-refractivity contribution < 1.29 is 28.6 Å². The summed E-state index contributed by atoms with van der Waals surface area (Å²) in [6.45, 7) is 6.38. The number of ether oxygens (including phenoxy) is 3. The summed E-state index contributed by atoms with van der Waals surface area (Å²) in [5, 5.41) is 0. The summed E-state index contributed by atoms with van der Waals surface area (Å²) >= 11 is 0. The molecule has 6 nitrogen and oxygen atoms in total. The van der Waals surface area contributed by atoms with Crippen LogP contribution in [-0.4, -0.2) is 37.2 Å². The fraction of sp³-hybridized carbons (Fsp3) is 0.685. The van der Waals surface area contributed by atoms with Crippen LogP contribution in [0.5, 0.6) is 0 Å². The van der Waals surface area contributed by atoms with E-state index in [4.69, 9.17) is 14.2 Å². The summed E-state index contributed by atoms with van der Waals surface area (Å²) < 4.78 is 16.9. The van der Waals surface area contributed by atoms with Gasteiger partial charge in [-0.1, -0.05) is 296 Å². The number of carbonyl (C=O) groups excluding carboxylic acids is 3. The number of carbonyl (C=O) groups is 3. The van der Waals surface area contributed by atoms with Crippen molar-refractivity contribution in [2.75, 3.05) is 13.2 Å². The van der Waals surface area contributed by atoms with Crippen molar-refractivity contribution in [2.45, 2.75) is 309 Å². The van der Waals surface area contributed by atoms with Crippen LogP contribution in [0.4, 0.5) is 0 Å². The molecule has 6 heteroatoms. The Kier molecular flexibility index (Phi) is 62.8. The molecular weight excluding hydrogens is 973 g/mol. The van der Waals surface area contributed by atoms with Gasteiger partial charge in [0.25, 0.3) is 0 Å². The third kappa shape index (κ3) is 64.5. The summed E-state index contributed by atoms with van der Waals surface area (Å²) in [6.07, 6.45) is 92.3. The van der Waals surface area contributed by atoms with E-state index in [1.54, 1.807) is 0 Å². The van der Waals surface area contributed by atoms with Gasteiger partial charge in [0.1, 0.15) is 13.2 Å². The van der Waals surface area contributed by atoms with Gasteiger partial charge < -0.3 is 14.2 Å². The van der Waals surface area contributed by atoms with Gasteiger partial charge >= 0.3 is 17.9 Å². The van der Waals surface area contributed by atoms with Gasteiger partial charge in [0.15, 0.2) is 6.10 Å². The van der Waals surface area contributed by atoms with Crippen molar-refractivity contribution in [3.63, 3.8) is 0 Å². The first-order valence-electron chi connectivity index (χ1n) is 33.0. The molecule has 450 valence electrons. The van der Waals surface area contributed by atoms with E-state index in [9.17, 15) is 14.4 Å². The number of unbranched alkanes of at least 4 members (excludes halogenated alkanes) is 28. The highest BCUT2D eigenvalue weighted by atomic mass is 16.6. The average molecular weight is 1100 g/mol. The molecule has 0 radical (unpaired) electrons. The van der Waals surface area contributed by atoms with Crippen LogP contribution in [0.1, 0.15) is 303 Å². The van der Waals surface area contributed by atoms with Crippen molar-refractivity contribution in [2.24, 2.45) is 0 Å². The van der Waals surface area contributed by atoms with Crippen LogP contribution in [-0.2, 0) is 28.6 Å². The van der Waals surface area contributed by atoms with Gasteiger partial charge in [-0.3, -0.25) is 14.4 Å². The molecule has 0 saturated carbocycles. The third-order valence-corrected chi connectivity index (χ3v) is 14.0. The Balaban J connectivity index is 4.12. The van der Waals surface area contributed by atoms with E-state index in [1.165, 1.54) is 141 Å². The Morgan fingerprint density at radius 2 is 0.494 bits per heavy atom. The molecule has 0 bridgehead atoms. The molecule has 0 aromatic carbocycles. The molecule has 0 aliphatic rings. The molecule has 0 aromatic heterocycles. The Bertz CT molecular complexity index is 1640. The topological polar surface area (TPSA) is 78.9 Å². The fourth-order valence-corrected chi connectivity index (χ4v) is 9.09. The van der Waals surface area contributed by atoms with E-state index in [0.717, 1.165) is 122 Å². The monoisotopic (exact) mass is 1090 g/mol. The van der Waals surface area contributed by atoms with Gasteiger partial charge in [0.2, 0.25) is 0 Å². The molecule has 0 fully saturated rings. The molecule has 1 atom stereocenters. The Hall–Kier alpha value is -4.19. The minimum absolute atomic E-state index is 0.0795. The highest BCUT2D eigenvalue weighted by molar-refractivity contribution is 5.71. The molecule has 0 heterocycles. The summed E-state index contributed by atoms with van der Waals surface area (Å²) in [5.41, 5.74) is 0. The quantitative estimate of drug-likeness (QED) is 0.0261. The van der Waals surface area contributed by atoms with Crippen molar-refractivity contribution >= 4 is 17.9 Å². The predicted molar refractivity (Wildman–Crippen MR) is 343 cm³/mol. The van der Waals surface area contributed by atoms with E-state index in [1.807, 2.05) is 0 Å². The van der Waals surface area contributed by atoms with Gasteiger partial charge in [-0.05, 0) is 109 Å². The molecule has 1 unspecified atom stereocenters. The van der Waals surface area contributed by atoms with Crippen molar-refractivity contribution in [1.82, 2.24) is 0 Å². The zero-order valence-electron chi connectivity index (χ0n) is 51.6. The highest BCUT2D eigenvalue weighted by Gasteiger charge is 2.19. The Morgan fingerprint density at radius 3 is 0.772 bits per heavy atom. The number of hydrogen-bond donors (Lipinski definition) is 0. The molecule has 0 spiro atoms. The van der Waals surface area contributed by atoms with Crippen molar-refractivity contribution in [1.29, 1.82) is 0 Å². The highest BCUT2D eigenvalue weighted by Crippen LogP contribution is 2.16. The van der Waals surface area contributed by atoms with E-state index < -0.39 is 6.10 Å². The summed E-state index contributed by atoms with van der Waals surface area (Å²) in [7, 11) is 0. The summed E-state index contributed by atoms with van der Waals surface area (Å²) in [4.78, 5) is 38.1. The van der Waals surface area contributed by atoms with Crippen LogP contribution in [0.3, 0.4) is 0 Å². The van der Waals surface area contributed by atoms with Crippen LogP contribution in [0, 0.1) is 0 Å². The Labute approximate surface area is 488 Å². The zero-order valence-corrected chi connectivity index (χ0v) is 51.6. The van der Waals surface area contributed by atoms with Crippen molar-refractivity contribution in [3.05, 3.63) is 122 Å². The maximum absolute atomic E-state index is 12.9. The number of allylic oxidation sites excluding steroid dienone is 20.